The maximum Gasteiger partial charge on any atom is 0.282 e. The molecule has 0 saturated heterocycles. The Labute approximate surface area is 206 Å². The molecule has 0 amide bonds. The molecule has 0 unspecified atom stereocenters. The van der Waals surface area contributed by atoms with Crippen LogP contribution >= 0.6 is 11.6 Å². The van der Waals surface area contributed by atoms with Gasteiger partial charge in [0.05, 0.1) is 17.8 Å². The number of rotatable bonds is 4. The zero-order chi connectivity index (χ0) is 24.4. The van der Waals surface area contributed by atoms with Crippen LogP contribution in [-0.4, -0.2) is 26.2 Å². The molecule has 0 aliphatic heterocycles. The van der Waals surface area contributed by atoms with E-state index in [-0.39, 0.29) is 17.9 Å². The van der Waals surface area contributed by atoms with Crippen molar-refractivity contribution < 1.29 is 5.11 Å². The van der Waals surface area contributed by atoms with Gasteiger partial charge in [0.2, 0.25) is 0 Å². The summed E-state index contributed by atoms with van der Waals surface area (Å²) in [5.41, 5.74) is 10.5. The molecule has 0 aliphatic rings. The van der Waals surface area contributed by atoms with Crippen LogP contribution in [0.4, 0.5) is 0 Å². The third-order valence-electron chi connectivity index (χ3n) is 5.70. The second-order valence-corrected chi connectivity index (χ2v) is 8.43. The first kappa shape index (κ1) is 22.5. The van der Waals surface area contributed by atoms with Crippen LogP contribution in [0.25, 0.3) is 27.9 Å². The number of halogens is 1. The second kappa shape index (κ2) is 9.51. The maximum absolute atomic E-state index is 13.5. The average Bonchev–Trinajstić information content (AvgIpc) is 3.23. The first-order chi connectivity index (χ1) is 17.0. The summed E-state index contributed by atoms with van der Waals surface area (Å²) in [7, 11) is 0. The molecule has 4 N–H and O–H groups in total. The Kier molecular flexibility index (Phi) is 6.11. The molecule has 0 radical (unpaired) electrons. The van der Waals surface area contributed by atoms with Gasteiger partial charge in [-0.1, -0.05) is 65.9 Å². The van der Waals surface area contributed by atoms with E-state index in [4.69, 9.17) is 22.4 Å². The lowest BCUT2D eigenvalue weighted by molar-refractivity contribution is 0.477. The lowest BCUT2D eigenvalue weighted by Gasteiger charge is -2.07. The van der Waals surface area contributed by atoms with E-state index < -0.39 is 0 Å². The van der Waals surface area contributed by atoms with E-state index in [1.807, 2.05) is 54.6 Å². The predicted molar refractivity (Wildman–Crippen MR) is 139 cm³/mol. The fourth-order valence-corrected chi connectivity index (χ4v) is 4.20. The van der Waals surface area contributed by atoms with Crippen molar-refractivity contribution in [1.29, 1.82) is 0 Å². The molecule has 5 rings (SSSR count). The molecule has 3 aromatic carbocycles. The summed E-state index contributed by atoms with van der Waals surface area (Å²) in [4.78, 5) is 16.8. The van der Waals surface area contributed by atoms with E-state index in [2.05, 4.69) is 16.8 Å². The molecule has 0 saturated carbocycles. The zero-order valence-electron chi connectivity index (χ0n) is 18.6. The number of hydrogen-bond donors (Lipinski definition) is 3. The number of H-pyrrole nitrogens is 1. The van der Waals surface area contributed by atoms with Crippen molar-refractivity contribution in [3.05, 3.63) is 111 Å². The SMILES string of the molecule is NCC#Cc1ccc(-c2c[nH]c3c(-c4ccc(Cl)cc4)c(Cc4ccccc4)nn3c2=O)c(O)c1. The number of phenols is 1. The number of nitrogens with two attached hydrogens (primary N) is 1. The van der Waals surface area contributed by atoms with E-state index in [1.165, 1.54) is 10.6 Å². The van der Waals surface area contributed by atoms with Gasteiger partial charge in [-0.25, -0.2) is 0 Å². The molecule has 0 bridgehead atoms. The van der Waals surface area contributed by atoms with E-state index in [0.717, 1.165) is 22.4 Å². The maximum atomic E-state index is 13.5. The van der Waals surface area contributed by atoms with Crippen molar-refractivity contribution in [2.75, 3.05) is 6.54 Å². The number of aromatic hydroxyl groups is 1. The Balaban J connectivity index is 1.68. The van der Waals surface area contributed by atoms with Crippen LogP contribution in [0.3, 0.4) is 0 Å². The minimum Gasteiger partial charge on any atom is -0.507 e. The van der Waals surface area contributed by atoms with Gasteiger partial charge in [0.1, 0.15) is 11.4 Å². The van der Waals surface area contributed by atoms with E-state index in [9.17, 15) is 9.90 Å². The Bertz CT molecular complexity index is 1640. The molecule has 2 heterocycles. The summed E-state index contributed by atoms with van der Waals surface area (Å²) in [5, 5.41) is 15.9. The molecule has 0 atom stereocenters. The number of nitrogens with one attached hydrogen (secondary N) is 1. The summed E-state index contributed by atoms with van der Waals surface area (Å²) in [6.07, 6.45) is 2.15. The number of benzene rings is 3. The van der Waals surface area contributed by atoms with Crippen LogP contribution < -0.4 is 11.3 Å². The van der Waals surface area contributed by atoms with Crippen LogP contribution in [-0.2, 0) is 6.42 Å². The first-order valence-electron chi connectivity index (χ1n) is 11.0. The summed E-state index contributed by atoms with van der Waals surface area (Å²) in [6, 6.07) is 22.3. The van der Waals surface area contributed by atoms with Crippen molar-refractivity contribution in [3.63, 3.8) is 0 Å². The third-order valence-corrected chi connectivity index (χ3v) is 5.96. The highest BCUT2D eigenvalue weighted by atomic mass is 35.5. The molecule has 0 spiro atoms. The highest BCUT2D eigenvalue weighted by Crippen LogP contribution is 2.32. The number of aromatic amines is 1. The summed E-state index contributed by atoms with van der Waals surface area (Å²) in [5.74, 6) is 5.58. The number of aromatic nitrogens is 3. The topological polar surface area (TPSA) is 96.4 Å². The van der Waals surface area contributed by atoms with Crippen LogP contribution in [0, 0.1) is 11.8 Å². The average molecular weight is 481 g/mol. The van der Waals surface area contributed by atoms with Crippen LogP contribution in [0.2, 0.25) is 5.02 Å². The fraction of sp³-hybridized carbons (Fsp3) is 0.0714. The number of phenolic OH excluding ortho intramolecular Hbond substituents is 1. The Morgan fingerprint density at radius 3 is 2.51 bits per heavy atom. The highest BCUT2D eigenvalue weighted by Gasteiger charge is 2.20. The molecular formula is C28H21ClN4O2. The normalized spacial score (nSPS) is 10.8. The molecule has 5 aromatic rings. The van der Waals surface area contributed by atoms with Gasteiger partial charge in [0.25, 0.3) is 5.56 Å². The smallest absolute Gasteiger partial charge is 0.282 e. The van der Waals surface area contributed by atoms with E-state index in [0.29, 0.717) is 33.8 Å². The molecule has 7 heteroatoms. The number of nitrogens with zero attached hydrogens (tertiary/aromatic N) is 2. The number of fused-ring (bicyclic) bond motifs is 1. The molecule has 35 heavy (non-hydrogen) atoms. The number of hydrogen-bond acceptors (Lipinski definition) is 4. The van der Waals surface area contributed by atoms with Gasteiger partial charge in [-0.2, -0.15) is 9.61 Å². The van der Waals surface area contributed by atoms with Crippen molar-refractivity contribution in [1.82, 2.24) is 14.6 Å². The molecule has 0 fully saturated rings. The van der Waals surface area contributed by atoms with Gasteiger partial charge < -0.3 is 15.8 Å². The molecule has 2 aromatic heterocycles. The zero-order valence-corrected chi connectivity index (χ0v) is 19.4. The lowest BCUT2D eigenvalue weighted by Crippen LogP contribution is -2.17. The van der Waals surface area contributed by atoms with Gasteiger partial charge >= 0.3 is 0 Å². The third kappa shape index (κ3) is 4.43. The monoisotopic (exact) mass is 480 g/mol. The molecule has 6 nitrogen and oxygen atoms in total. The molecular weight excluding hydrogens is 460 g/mol. The Morgan fingerprint density at radius 2 is 1.80 bits per heavy atom. The van der Waals surface area contributed by atoms with Crippen molar-refractivity contribution in [2.24, 2.45) is 5.73 Å². The van der Waals surface area contributed by atoms with E-state index >= 15 is 0 Å². The van der Waals surface area contributed by atoms with Crippen molar-refractivity contribution in [2.45, 2.75) is 6.42 Å². The van der Waals surface area contributed by atoms with Gasteiger partial charge in [0, 0.05) is 34.3 Å². The largest absolute Gasteiger partial charge is 0.507 e. The summed E-state index contributed by atoms with van der Waals surface area (Å²) >= 11 is 6.11. The molecule has 0 aliphatic carbocycles. The van der Waals surface area contributed by atoms with Gasteiger partial charge in [-0.05, 0) is 41.5 Å². The standard InChI is InChI=1S/C28H21ClN4O2/c29-21-11-9-20(10-12-21)26-24(15-18-5-2-1-3-6-18)32-33-27(26)31-17-23(28(33)35)22-13-8-19(7-4-14-30)16-25(22)34/h1-3,5-6,8-13,16-17,31,34H,14-15,30H2. The van der Waals surface area contributed by atoms with Crippen LogP contribution in [0.5, 0.6) is 5.75 Å². The lowest BCUT2D eigenvalue weighted by atomic mass is 10.0. The Morgan fingerprint density at radius 1 is 1.03 bits per heavy atom. The molecule has 172 valence electrons. The first-order valence-corrected chi connectivity index (χ1v) is 11.4. The quantitative estimate of drug-likeness (QED) is 0.327. The fourth-order valence-electron chi connectivity index (χ4n) is 4.08. The summed E-state index contributed by atoms with van der Waals surface area (Å²) in [6.45, 7) is 0.222. The predicted octanol–water partition coefficient (Wildman–Crippen LogP) is 4.62. The summed E-state index contributed by atoms with van der Waals surface area (Å²) < 4.78 is 1.36. The van der Waals surface area contributed by atoms with Gasteiger partial charge in [0.15, 0.2) is 0 Å². The van der Waals surface area contributed by atoms with Crippen molar-refractivity contribution in [3.8, 4) is 39.8 Å². The minimum atomic E-state index is -0.343. The van der Waals surface area contributed by atoms with Crippen molar-refractivity contribution >= 4 is 17.2 Å². The van der Waals surface area contributed by atoms with E-state index in [1.54, 1.807) is 18.3 Å². The second-order valence-electron chi connectivity index (χ2n) is 8.00. The van der Waals surface area contributed by atoms with Crippen LogP contribution in [0.1, 0.15) is 16.8 Å². The van der Waals surface area contributed by atoms with Crippen LogP contribution in [0.15, 0.2) is 83.8 Å². The van der Waals surface area contributed by atoms with Gasteiger partial charge in [-0.15, -0.1) is 0 Å². The highest BCUT2D eigenvalue weighted by molar-refractivity contribution is 6.30. The van der Waals surface area contributed by atoms with Gasteiger partial charge in [-0.3, -0.25) is 4.79 Å². The minimum absolute atomic E-state index is 0.0479. The Hall–Kier alpha value is -4.31.